The molecule has 0 radical (unpaired) electrons. The molecule has 1 N–H and O–H groups in total. The molecule has 2 rings (SSSR count). The van der Waals surface area contributed by atoms with Gasteiger partial charge in [0.2, 0.25) is 0 Å². The summed E-state index contributed by atoms with van der Waals surface area (Å²) < 4.78 is 59.7. The Balaban J connectivity index is 2.76. The maximum Gasteiger partial charge on any atom is 0.344 e. The van der Waals surface area contributed by atoms with Crippen molar-refractivity contribution in [1.29, 1.82) is 0 Å². The second-order valence-electron chi connectivity index (χ2n) is 4.74. The van der Waals surface area contributed by atoms with E-state index in [4.69, 9.17) is 5.11 Å². The van der Waals surface area contributed by atoms with Gasteiger partial charge in [-0.2, -0.15) is 0 Å². The van der Waals surface area contributed by atoms with Crippen LogP contribution in [0.5, 0.6) is 0 Å². The topological polar surface area (TPSA) is 63.6 Å². The second kappa shape index (κ2) is 5.01. The van der Waals surface area contributed by atoms with E-state index in [1.165, 1.54) is 0 Å². The minimum Gasteiger partial charge on any atom is -0.481 e. The molecule has 21 heavy (non-hydrogen) atoms. The molecule has 1 aromatic rings. The number of ether oxygens (including phenoxy) is 1. The van der Waals surface area contributed by atoms with E-state index in [2.05, 4.69) is 4.74 Å². The first kappa shape index (κ1) is 15.3. The molecule has 0 spiro atoms. The average Bonchev–Trinajstić information content (AvgIpc) is 2.38. The lowest BCUT2D eigenvalue weighted by atomic mass is 9.64. The third-order valence-corrected chi connectivity index (χ3v) is 3.75. The molecule has 8 heteroatoms. The predicted molar refractivity (Wildman–Crippen MR) is 60.8 cm³/mol. The van der Waals surface area contributed by atoms with Crippen LogP contribution in [0.25, 0.3) is 0 Å². The second-order valence-corrected chi connectivity index (χ2v) is 4.74. The summed E-state index contributed by atoms with van der Waals surface area (Å²) >= 11 is 0. The minimum absolute atomic E-state index is 0.146. The predicted octanol–water partition coefficient (Wildman–Crippen LogP) is 2.54. The van der Waals surface area contributed by atoms with Gasteiger partial charge in [-0.3, -0.25) is 4.79 Å². The fourth-order valence-corrected chi connectivity index (χ4v) is 2.43. The van der Waals surface area contributed by atoms with Gasteiger partial charge in [0.1, 0.15) is 5.56 Å². The first-order valence-electron chi connectivity index (χ1n) is 5.96. The molecule has 0 saturated heterocycles. The van der Waals surface area contributed by atoms with Crippen molar-refractivity contribution in [2.75, 3.05) is 7.11 Å². The van der Waals surface area contributed by atoms with Crippen LogP contribution in [0.4, 0.5) is 17.6 Å². The Hall–Kier alpha value is -2.12. The van der Waals surface area contributed by atoms with Gasteiger partial charge in [0, 0.05) is 5.56 Å². The SMILES string of the molecule is COC(=O)c1c(F)c(F)c(C2(C(=O)O)CCC2)c(F)c1F. The number of carboxylic acids is 1. The Labute approximate surface area is 116 Å². The third kappa shape index (κ3) is 1.97. The zero-order chi connectivity index (χ0) is 15.9. The summed E-state index contributed by atoms with van der Waals surface area (Å²) in [6.07, 6.45) is 0.0619. The van der Waals surface area contributed by atoms with E-state index >= 15 is 0 Å². The van der Waals surface area contributed by atoms with Crippen molar-refractivity contribution >= 4 is 11.9 Å². The lowest BCUT2D eigenvalue weighted by Crippen LogP contribution is -2.44. The molecule has 0 unspecified atom stereocenters. The highest BCUT2D eigenvalue weighted by Gasteiger charge is 2.51. The van der Waals surface area contributed by atoms with Crippen molar-refractivity contribution in [1.82, 2.24) is 0 Å². The number of carbonyl (C=O) groups excluding carboxylic acids is 1. The van der Waals surface area contributed by atoms with Crippen molar-refractivity contribution < 1.29 is 37.0 Å². The smallest absolute Gasteiger partial charge is 0.344 e. The molecule has 1 aromatic carbocycles. The Bertz CT molecular complexity index is 609. The molecule has 0 atom stereocenters. The summed E-state index contributed by atoms with van der Waals surface area (Å²) in [6, 6.07) is 0. The molecule has 1 fully saturated rings. The molecule has 4 nitrogen and oxygen atoms in total. The number of carboxylic acid groups (broad SMARTS) is 1. The van der Waals surface area contributed by atoms with E-state index in [0.717, 1.165) is 7.11 Å². The maximum absolute atomic E-state index is 14.0. The van der Waals surface area contributed by atoms with Crippen LogP contribution in [-0.2, 0) is 14.9 Å². The van der Waals surface area contributed by atoms with Crippen molar-refractivity contribution in [3.63, 3.8) is 0 Å². The molecule has 1 saturated carbocycles. The number of aliphatic carboxylic acids is 1. The standard InChI is InChI=1S/C13H10F4O4/c1-21-11(18)5-7(14)9(16)6(10(17)8(5)15)13(12(19)20)3-2-4-13/h2-4H2,1H3,(H,19,20). The molecular formula is C13H10F4O4. The van der Waals surface area contributed by atoms with Crippen molar-refractivity contribution in [3.8, 4) is 0 Å². The van der Waals surface area contributed by atoms with Crippen LogP contribution in [0, 0.1) is 23.3 Å². The molecule has 0 aliphatic heterocycles. The fourth-order valence-electron chi connectivity index (χ4n) is 2.43. The molecule has 0 amide bonds. The monoisotopic (exact) mass is 306 g/mol. The number of esters is 1. The number of halogens is 4. The minimum atomic E-state index is -2.01. The number of benzene rings is 1. The summed E-state index contributed by atoms with van der Waals surface area (Å²) in [6.45, 7) is 0. The van der Waals surface area contributed by atoms with E-state index in [0.29, 0.717) is 6.42 Å². The Morgan fingerprint density at radius 1 is 1.05 bits per heavy atom. The van der Waals surface area contributed by atoms with Crippen LogP contribution in [-0.4, -0.2) is 24.2 Å². The number of hydrogen-bond donors (Lipinski definition) is 1. The fraction of sp³-hybridized carbons (Fsp3) is 0.385. The van der Waals surface area contributed by atoms with Gasteiger partial charge in [0.15, 0.2) is 23.3 Å². The van der Waals surface area contributed by atoms with Gasteiger partial charge in [-0.25, -0.2) is 22.4 Å². The van der Waals surface area contributed by atoms with Crippen LogP contribution >= 0.6 is 0 Å². The number of rotatable bonds is 3. The molecule has 1 aliphatic rings. The highest BCUT2D eigenvalue weighted by molar-refractivity contribution is 5.91. The van der Waals surface area contributed by atoms with Gasteiger partial charge in [-0.15, -0.1) is 0 Å². The molecule has 0 aromatic heterocycles. The summed E-state index contributed by atoms with van der Waals surface area (Å²) in [5.74, 6) is -10.8. The lowest BCUT2D eigenvalue weighted by molar-refractivity contribution is -0.147. The van der Waals surface area contributed by atoms with Gasteiger partial charge in [-0.05, 0) is 12.8 Å². The highest BCUT2D eigenvalue weighted by Crippen LogP contribution is 2.47. The number of hydrogen-bond acceptors (Lipinski definition) is 3. The normalized spacial score (nSPS) is 16.2. The average molecular weight is 306 g/mol. The van der Waals surface area contributed by atoms with Gasteiger partial charge in [0.25, 0.3) is 0 Å². The Kier molecular flexibility index (Phi) is 3.65. The van der Waals surface area contributed by atoms with E-state index in [1.807, 2.05) is 0 Å². The van der Waals surface area contributed by atoms with E-state index in [1.54, 1.807) is 0 Å². The number of carbonyl (C=O) groups is 2. The van der Waals surface area contributed by atoms with Crippen molar-refractivity contribution in [3.05, 3.63) is 34.4 Å². The summed E-state index contributed by atoms with van der Waals surface area (Å²) in [5, 5.41) is 9.12. The summed E-state index contributed by atoms with van der Waals surface area (Å²) in [7, 11) is 0.787. The zero-order valence-corrected chi connectivity index (χ0v) is 10.8. The lowest BCUT2D eigenvalue weighted by Gasteiger charge is -2.38. The van der Waals surface area contributed by atoms with E-state index < -0.39 is 51.7 Å². The van der Waals surface area contributed by atoms with Crippen molar-refractivity contribution in [2.24, 2.45) is 0 Å². The molecule has 0 heterocycles. The first-order chi connectivity index (χ1) is 9.77. The van der Waals surface area contributed by atoms with E-state index in [9.17, 15) is 27.2 Å². The summed E-state index contributed by atoms with van der Waals surface area (Å²) in [5.41, 5.74) is -4.72. The number of methoxy groups -OCH3 is 1. The Morgan fingerprint density at radius 3 is 1.81 bits per heavy atom. The van der Waals surface area contributed by atoms with Crippen LogP contribution in [0.1, 0.15) is 35.2 Å². The third-order valence-electron chi connectivity index (χ3n) is 3.75. The van der Waals surface area contributed by atoms with Crippen LogP contribution < -0.4 is 0 Å². The van der Waals surface area contributed by atoms with Gasteiger partial charge >= 0.3 is 11.9 Å². The van der Waals surface area contributed by atoms with Gasteiger partial charge < -0.3 is 9.84 Å². The zero-order valence-electron chi connectivity index (χ0n) is 10.8. The van der Waals surface area contributed by atoms with E-state index in [-0.39, 0.29) is 12.8 Å². The molecular weight excluding hydrogens is 296 g/mol. The summed E-state index contributed by atoms with van der Waals surface area (Å²) in [4.78, 5) is 22.4. The van der Waals surface area contributed by atoms with Gasteiger partial charge in [-0.1, -0.05) is 6.42 Å². The molecule has 0 bridgehead atoms. The highest BCUT2D eigenvalue weighted by atomic mass is 19.2. The quantitative estimate of drug-likeness (QED) is 0.529. The van der Waals surface area contributed by atoms with Crippen LogP contribution in [0.15, 0.2) is 0 Å². The maximum atomic E-state index is 14.0. The largest absolute Gasteiger partial charge is 0.481 e. The molecule has 114 valence electrons. The first-order valence-corrected chi connectivity index (χ1v) is 5.96. The Morgan fingerprint density at radius 2 is 1.52 bits per heavy atom. The van der Waals surface area contributed by atoms with Crippen molar-refractivity contribution in [2.45, 2.75) is 24.7 Å². The van der Waals surface area contributed by atoms with Gasteiger partial charge in [0.05, 0.1) is 12.5 Å². The van der Waals surface area contributed by atoms with Crippen LogP contribution in [0.2, 0.25) is 0 Å². The molecule has 1 aliphatic carbocycles. The van der Waals surface area contributed by atoms with Crippen LogP contribution in [0.3, 0.4) is 0 Å².